The van der Waals surface area contributed by atoms with Crippen molar-refractivity contribution in [3.05, 3.63) is 39.3 Å². The Hall–Kier alpha value is -0.880. The molecule has 1 aliphatic heterocycles. The van der Waals surface area contributed by atoms with E-state index in [1.807, 2.05) is 24.7 Å². The number of hydrogen-bond acceptors (Lipinski definition) is 4. The largest absolute Gasteiger partial charge is 0.388 e. The molecule has 0 radical (unpaired) electrons. The van der Waals surface area contributed by atoms with E-state index in [4.69, 9.17) is 11.6 Å². The Balaban J connectivity index is 1.61. The minimum Gasteiger partial charge on any atom is -0.388 e. The molecule has 3 heterocycles. The van der Waals surface area contributed by atoms with Crippen molar-refractivity contribution >= 4 is 22.9 Å². The summed E-state index contributed by atoms with van der Waals surface area (Å²) in [5.74, 6) is 0. The van der Waals surface area contributed by atoms with Crippen LogP contribution in [0.25, 0.3) is 0 Å². The highest BCUT2D eigenvalue weighted by Crippen LogP contribution is 2.30. The highest BCUT2D eigenvalue weighted by atomic mass is 35.5. The number of hydrogen-bond donors (Lipinski definition) is 1. The van der Waals surface area contributed by atoms with Crippen LogP contribution in [0.1, 0.15) is 35.8 Å². The van der Waals surface area contributed by atoms with Crippen LogP contribution in [-0.4, -0.2) is 32.4 Å². The maximum atomic E-state index is 10.4. The zero-order valence-electron chi connectivity index (χ0n) is 12.1. The van der Waals surface area contributed by atoms with Crippen LogP contribution in [0.2, 0.25) is 5.02 Å². The topological polar surface area (TPSA) is 41.3 Å². The lowest BCUT2D eigenvalue weighted by Gasteiger charge is -2.25. The van der Waals surface area contributed by atoms with Crippen molar-refractivity contribution in [1.29, 1.82) is 0 Å². The SMILES string of the molecule is Cn1cc([C@H](O)C[C@@H]2CCCN2Cc2cc(Cl)cs2)cn1. The Morgan fingerprint density at radius 2 is 2.43 bits per heavy atom. The van der Waals surface area contributed by atoms with E-state index in [-0.39, 0.29) is 0 Å². The molecule has 0 aliphatic carbocycles. The predicted molar refractivity (Wildman–Crippen MR) is 85.5 cm³/mol. The minimum atomic E-state index is -0.434. The van der Waals surface area contributed by atoms with Gasteiger partial charge >= 0.3 is 0 Å². The van der Waals surface area contributed by atoms with Gasteiger partial charge in [0.1, 0.15) is 0 Å². The molecule has 0 bridgehead atoms. The molecule has 1 N–H and O–H groups in total. The summed E-state index contributed by atoms with van der Waals surface area (Å²) in [6, 6.07) is 2.47. The summed E-state index contributed by atoms with van der Waals surface area (Å²) in [6.45, 7) is 2.03. The molecule has 0 amide bonds. The lowest BCUT2D eigenvalue weighted by Crippen LogP contribution is -2.30. The minimum absolute atomic E-state index is 0.432. The Kier molecular flexibility index (Phi) is 4.64. The van der Waals surface area contributed by atoms with Crippen molar-refractivity contribution in [2.75, 3.05) is 6.54 Å². The van der Waals surface area contributed by atoms with Crippen LogP contribution >= 0.6 is 22.9 Å². The first-order chi connectivity index (χ1) is 10.1. The van der Waals surface area contributed by atoms with E-state index in [9.17, 15) is 5.11 Å². The Bertz CT molecular complexity index is 597. The van der Waals surface area contributed by atoms with E-state index in [0.717, 1.165) is 36.5 Å². The number of halogens is 1. The third kappa shape index (κ3) is 3.66. The van der Waals surface area contributed by atoms with E-state index in [0.29, 0.717) is 6.04 Å². The summed E-state index contributed by atoms with van der Waals surface area (Å²) in [5, 5.41) is 17.3. The zero-order chi connectivity index (χ0) is 14.8. The Morgan fingerprint density at radius 3 is 3.10 bits per heavy atom. The molecule has 4 nitrogen and oxygen atoms in total. The number of aliphatic hydroxyl groups excluding tert-OH is 1. The molecule has 0 spiro atoms. The second-order valence-electron chi connectivity index (χ2n) is 5.70. The molecular weight excluding hydrogens is 306 g/mol. The zero-order valence-corrected chi connectivity index (χ0v) is 13.6. The van der Waals surface area contributed by atoms with Gasteiger partial charge in [-0.05, 0) is 31.9 Å². The lowest BCUT2D eigenvalue weighted by atomic mass is 10.0. The van der Waals surface area contributed by atoms with Crippen LogP contribution in [0, 0.1) is 0 Å². The van der Waals surface area contributed by atoms with Crippen LogP contribution < -0.4 is 0 Å². The maximum absolute atomic E-state index is 10.4. The highest BCUT2D eigenvalue weighted by Gasteiger charge is 2.27. The van der Waals surface area contributed by atoms with Crippen molar-refractivity contribution in [1.82, 2.24) is 14.7 Å². The molecule has 114 valence electrons. The lowest BCUT2D eigenvalue weighted by molar-refractivity contribution is 0.118. The molecular formula is C15H20ClN3OS. The molecule has 1 fully saturated rings. The van der Waals surface area contributed by atoms with Crippen LogP contribution in [0.3, 0.4) is 0 Å². The van der Waals surface area contributed by atoms with Gasteiger partial charge in [-0.2, -0.15) is 5.10 Å². The Morgan fingerprint density at radius 1 is 1.57 bits per heavy atom. The fourth-order valence-electron chi connectivity index (χ4n) is 3.01. The summed E-state index contributed by atoms with van der Waals surface area (Å²) in [6.07, 6.45) is 6.33. The van der Waals surface area contributed by atoms with Crippen LogP contribution in [0.5, 0.6) is 0 Å². The van der Waals surface area contributed by atoms with E-state index < -0.39 is 6.10 Å². The fourth-order valence-corrected chi connectivity index (χ4v) is 4.11. The normalized spacial score (nSPS) is 21.0. The first kappa shape index (κ1) is 15.0. The summed E-state index contributed by atoms with van der Waals surface area (Å²) in [7, 11) is 1.87. The maximum Gasteiger partial charge on any atom is 0.0835 e. The number of nitrogens with zero attached hydrogens (tertiary/aromatic N) is 3. The van der Waals surface area contributed by atoms with E-state index in [1.165, 1.54) is 11.3 Å². The van der Waals surface area contributed by atoms with Crippen molar-refractivity contribution in [3.8, 4) is 0 Å². The van der Waals surface area contributed by atoms with Crippen molar-refractivity contribution < 1.29 is 5.11 Å². The van der Waals surface area contributed by atoms with E-state index in [2.05, 4.69) is 10.00 Å². The quantitative estimate of drug-likeness (QED) is 0.917. The third-order valence-corrected chi connectivity index (χ3v) is 5.35. The third-order valence-electron chi connectivity index (χ3n) is 4.08. The number of thiophene rings is 1. The first-order valence-electron chi connectivity index (χ1n) is 7.25. The number of aliphatic hydroxyl groups is 1. The molecule has 2 aromatic heterocycles. The van der Waals surface area contributed by atoms with Crippen LogP contribution in [0.4, 0.5) is 0 Å². The van der Waals surface area contributed by atoms with Crippen LogP contribution in [0.15, 0.2) is 23.8 Å². The summed E-state index contributed by atoms with van der Waals surface area (Å²) < 4.78 is 1.73. The Labute approximate surface area is 134 Å². The summed E-state index contributed by atoms with van der Waals surface area (Å²) in [4.78, 5) is 3.75. The smallest absolute Gasteiger partial charge is 0.0835 e. The molecule has 2 atom stereocenters. The molecule has 0 unspecified atom stereocenters. The van der Waals surface area contributed by atoms with Gasteiger partial charge in [0.05, 0.1) is 17.3 Å². The average molecular weight is 326 g/mol. The van der Waals surface area contributed by atoms with Gasteiger partial charge in [0.25, 0.3) is 0 Å². The average Bonchev–Trinajstić information content (AvgIpc) is 3.14. The molecule has 0 aromatic carbocycles. The second-order valence-corrected chi connectivity index (χ2v) is 7.13. The number of aryl methyl sites for hydroxylation is 1. The predicted octanol–water partition coefficient (Wildman–Crippen LogP) is 3.22. The van der Waals surface area contributed by atoms with Gasteiger partial charge in [-0.25, -0.2) is 0 Å². The molecule has 0 saturated carbocycles. The molecule has 1 aliphatic rings. The van der Waals surface area contributed by atoms with Crippen molar-refractivity contribution in [3.63, 3.8) is 0 Å². The highest BCUT2D eigenvalue weighted by molar-refractivity contribution is 7.10. The number of likely N-dealkylation sites (tertiary alicyclic amines) is 1. The second kappa shape index (κ2) is 6.48. The van der Waals surface area contributed by atoms with Gasteiger partial charge in [-0.1, -0.05) is 11.6 Å². The first-order valence-corrected chi connectivity index (χ1v) is 8.51. The van der Waals surface area contributed by atoms with Crippen molar-refractivity contribution in [2.45, 2.75) is 38.0 Å². The molecule has 21 heavy (non-hydrogen) atoms. The molecule has 1 saturated heterocycles. The van der Waals surface area contributed by atoms with Crippen molar-refractivity contribution in [2.24, 2.45) is 7.05 Å². The van der Waals surface area contributed by atoms with Gasteiger partial charge in [0.15, 0.2) is 0 Å². The van der Waals surface area contributed by atoms with Gasteiger partial charge in [0.2, 0.25) is 0 Å². The molecule has 6 heteroatoms. The van der Waals surface area contributed by atoms with E-state index >= 15 is 0 Å². The molecule has 2 aromatic rings. The van der Waals surface area contributed by atoms with Gasteiger partial charge < -0.3 is 5.11 Å². The van der Waals surface area contributed by atoms with Gasteiger partial charge in [-0.3, -0.25) is 9.58 Å². The molecule has 3 rings (SSSR count). The van der Waals surface area contributed by atoms with Gasteiger partial charge in [0, 0.05) is 41.7 Å². The number of aromatic nitrogens is 2. The summed E-state index contributed by atoms with van der Waals surface area (Å²) in [5.41, 5.74) is 0.906. The monoisotopic (exact) mass is 325 g/mol. The number of rotatable bonds is 5. The van der Waals surface area contributed by atoms with Crippen LogP contribution in [-0.2, 0) is 13.6 Å². The summed E-state index contributed by atoms with van der Waals surface area (Å²) >= 11 is 7.70. The fraction of sp³-hybridized carbons (Fsp3) is 0.533. The standard InChI is InChI=1S/C15H20ClN3OS/c1-18-8-11(7-17-18)15(20)6-13-3-2-4-19(13)9-14-5-12(16)10-21-14/h5,7-8,10,13,15,20H,2-4,6,9H2,1H3/t13-,15+/m0/s1. The van der Waals surface area contributed by atoms with E-state index in [1.54, 1.807) is 22.2 Å². The van der Waals surface area contributed by atoms with Gasteiger partial charge in [-0.15, -0.1) is 11.3 Å².